The first-order valence-corrected chi connectivity index (χ1v) is 6.17. The zero-order valence-corrected chi connectivity index (χ0v) is 12.1. The summed E-state index contributed by atoms with van der Waals surface area (Å²) in [6.45, 7) is 1.08. The SMILES string of the molecule is CNCc1ccc(Cl)cc1N(C)CC(=O)N(C)C. The molecule has 5 heteroatoms. The molecule has 0 bridgehead atoms. The van der Waals surface area contributed by atoms with Gasteiger partial charge in [-0.15, -0.1) is 0 Å². The van der Waals surface area contributed by atoms with Crippen molar-refractivity contribution < 1.29 is 4.79 Å². The Bertz CT molecular complexity index is 421. The van der Waals surface area contributed by atoms with Gasteiger partial charge in [0.05, 0.1) is 6.54 Å². The van der Waals surface area contributed by atoms with Crippen LogP contribution in [0.15, 0.2) is 18.2 Å². The number of carbonyl (C=O) groups is 1. The molecule has 1 rings (SSSR count). The summed E-state index contributed by atoms with van der Waals surface area (Å²) in [7, 11) is 7.29. The third kappa shape index (κ3) is 3.89. The minimum Gasteiger partial charge on any atom is -0.365 e. The molecule has 1 aromatic rings. The van der Waals surface area contributed by atoms with Gasteiger partial charge in [-0.25, -0.2) is 0 Å². The molecule has 4 nitrogen and oxygen atoms in total. The van der Waals surface area contributed by atoms with Crippen LogP contribution in [-0.2, 0) is 11.3 Å². The van der Waals surface area contributed by atoms with Crippen LogP contribution in [0.3, 0.4) is 0 Å². The maximum absolute atomic E-state index is 11.7. The molecule has 0 aromatic heterocycles. The standard InChI is InChI=1S/C13H20ClN3O/c1-15-8-10-5-6-11(14)7-12(10)17(4)9-13(18)16(2)3/h5-7,15H,8-9H2,1-4H3. The molecular formula is C13H20ClN3O. The minimum atomic E-state index is 0.0629. The van der Waals surface area contributed by atoms with Crippen LogP contribution < -0.4 is 10.2 Å². The fraction of sp³-hybridized carbons (Fsp3) is 0.462. The summed E-state index contributed by atoms with van der Waals surface area (Å²) in [5.41, 5.74) is 2.10. The number of carbonyl (C=O) groups excluding carboxylic acids is 1. The summed E-state index contributed by atoms with van der Waals surface area (Å²) in [6.07, 6.45) is 0. The lowest BCUT2D eigenvalue weighted by atomic mass is 10.1. The Morgan fingerprint density at radius 2 is 2.00 bits per heavy atom. The summed E-state index contributed by atoms with van der Waals surface area (Å²) in [4.78, 5) is 15.2. The molecule has 0 spiro atoms. The highest BCUT2D eigenvalue weighted by molar-refractivity contribution is 6.30. The molecule has 0 saturated heterocycles. The van der Waals surface area contributed by atoms with E-state index < -0.39 is 0 Å². The first-order chi connectivity index (χ1) is 8.45. The molecule has 0 fully saturated rings. The van der Waals surface area contributed by atoms with E-state index in [1.54, 1.807) is 19.0 Å². The number of nitrogens with zero attached hydrogens (tertiary/aromatic N) is 2. The van der Waals surface area contributed by atoms with Crippen molar-refractivity contribution in [2.45, 2.75) is 6.54 Å². The van der Waals surface area contributed by atoms with Crippen molar-refractivity contribution in [2.24, 2.45) is 0 Å². The maximum atomic E-state index is 11.7. The second kappa shape index (κ2) is 6.61. The molecule has 0 aliphatic carbocycles. The van der Waals surface area contributed by atoms with Crippen LogP contribution in [0, 0.1) is 0 Å². The average molecular weight is 270 g/mol. The fourth-order valence-electron chi connectivity index (χ4n) is 1.66. The maximum Gasteiger partial charge on any atom is 0.241 e. The summed E-state index contributed by atoms with van der Waals surface area (Å²) < 4.78 is 0. The highest BCUT2D eigenvalue weighted by Gasteiger charge is 2.12. The Balaban J connectivity index is 2.92. The highest BCUT2D eigenvalue weighted by atomic mass is 35.5. The highest BCUT2D eigenvalue weighted by Crippen LogP contribution is 2.24. The van der Waals surface area contributed by atoms with Gasteiger partial charge in [0.1, 0.15) is 0 Å². The molecule has 1 N–H and O–H groups in total. The van der Waals surface area contributed by atoms with E-state index in [9.17, 15) is 4.79 Å². The van der Waals surface area contributed by atoms with Crippen LogP contribution in [0.5, 0.6) is 0 Å². The summed E-state index contributed by atoms with van der Waals surface area (Å²) >= 11 is 6.02. The Hall–Kier alpha value is -1.26. The molecule has 0 saturated carbocycles. The van der Waals surface area contributed by atoms with Gasteiger partial charge in [-0.1, -0.05) is 17.7 Å². The molecule has 0 unspecified atom stereocenters. The van der Waals surface area contributed by atoms with E-state index in [0.29, 0.717) is 11.6 Å². The van der Waals surface area contributed by atoms with Crippen LogP contribution in [-0.4, -0.2) is 45.5 Å². The number of rotatable bonds is 5. The third-order valence-electron chi connectivity index (χ3n) is 2.70. The van der Waals surface area contributed by atoms with E-state index in [1.165, 1.54) is 0 Å². The largest absolute Gasteiger partial charge is 0.365 e. The van der Waals surface area contributed by atoms with Gasteiger partial charge in [0.25, 0.3) is 0 Å². The van der Waals surface area contributed by atoms with E-state index in [-0.39, 0.29) is 5.91 Å². The van der Waals surface area contributed by atoms with Gasteiger partial charge in [0, 0.05) is 38.4 Å². The molecule has 0 aliphatic heterocycles. The zero-order chi connectivity index (χ0) is 13.7. The topological polar surface area (TPSA) is 35.6 Å². The number of amides is 1. The Morgan fingerprint density at radius 1 is 1.33 bits per heavy atom. The van der Waals surface area contributed by atoms with Crippen molar-refractivity contribution in [2.75, 3.05) is 39.6 Å². The lowest BCUT2D eigenvalue weighted by Crippen LogP contribution is -2.34. The molecule has 18 heavy (non-hydrogen) atoms. The number of hydrogen-bond donors (Lipinski definition) is 1. The molecule has 1 amide bonds. The lowest BCUT2D eigenvalue weighted by molar-refractivity contribution is -0.127. The number of likely N-dealkylation sites (N-methyl/N-ethyl adjacent to an activating group) is 2. The molecule has 100 valence electrons. The van der Waals surface area contributed by atoms with Gasteiger partial charge < -0.3 is 15.1 Å². The van der Waals surface area contributed by atoms with Crippen molar-refractivity contribution in [3.63, 3.8) is 0 Å². The quantitative estimate of drug-likeness (QED) is 0.882. The van der Waals surface area contributed by atoms with Crippen LogP contribution in [0.2, 0.25) is 5.02 Å². The van der Waals surface area contributed by atoms with E-state index in [4.69, 9.17) is 11.6 Å². The van der Waals surface area contributed by atoms with E-state index in [0.717, 1.165) is 17.8 Å². The Labute approximate surface area is 114 Å². The fourth-order valence-corrected chi connectivity index (χ4v) is 1.83. The molecule has 0 aliphatic rings. The van der Waals surface area contributed by atoms with Gasteiger partial charge in [-0.05, 0) is 24.7 Å². The minimum absolute atomic E-state index is 0.0629. The van der Waals surface area contributed by atoms with Crippen LogP contribution in [0.25, 0.3) is 0 Å². The van der Waals surface area contributed by atoms with Crippen molar-refractivity contribution in [3.05, 3.63) is 28.8 Å². The monoisotopic (exact) mass is 269 g/mol. The first kappa shape index (κ1) is 14.8. The van der Waals surface area contributed by atoms with Gasteiger partial charge in [-0.3, -0.25) is 4.79 Å². The number of anilines is 1. The van der Waals surface area contributed by atoms with E-state index in [2.05, 4.69) is 5.32 Å². The molecular weight excluding hydrogens is 250 g/mol. The summed E-state index contributed by atoms with van der Waals surface area (Å²) in [6, 6.07) is 5.72. The molecule has 1 aromatic carbocycles. The lowest BCUT2D eigenvalue weighted by Gasteiger charge is -2.23. The predicted molar refractivity (Wildman–Crippen MR) is 76.2 cm³/mol. The average Bonchev–Trinajstić information content (AvgIpc) is 2.31. The first-order valence-electron chi connectivity index (χ1n) is 5.80. The Morgan fingerprint density at radius 3 is 2.56 bits per heavy atom. The van der Waals surface area contributed by atoms with Crippen LogP contribution in [0.4, 0.5) is 5.69 Å². The zero-order valence-electron chi connectivity index (χ0n) is 11.3. The van der Waals surface area contributed by atoms with Gasteiger partial charge in [0.15, 0.2) is 0 Å². The third-order valence-corrected chi connectivity index (χ3v) is 2.93. The number of hydrogen-bond acceptors (Lipinski definition) is 3. The molecule has 0 heterocycles. The second-order valence-corrected chi connectivity index (χ2v) is 4.88. The van der Waals surface area contributed by atoms with Crippen molar-refractivity contribution in [1.82, 2.24) is 10.2 Å². The van der Waals surface area contributed by atoms with E-state index >= 15 is 0 Å². The van der Waals surface area contributed by atoms with Crippen molar-refractivity contribution >= 4 is 23.2 Å². The molecule has 0 radical (unpaired) electrons. The van der Waals surface area contributed by atoms with Gasteiger partial charge in [0.2, 0.25) is 5.91 Å². The number of halogens is 1. The normalized spacial score (nSPS) is 10.3. The van der Waals surface area contributed by atoms with Crippen molar-refractivity contribution in [3.8, 4) is 0 Å². The summed E-state index contributed by atoms with van der Waals surface area (Å²) in [5, 5.41) is 3.78. The molecule has 0 atom stereocenters. The number of benzene rings is 1. The van der Waals surface area contributed by atoms with E-state index in [1.807, 2.05) is 37.2 Å². The summed E-state index contributed by atoms with van der Waals surface area (Å²) in [5.74, 6) is 0.0629. The van der Waals surface area contributed by atoms with Crippen LogP contribution in [0.1, 0.15) is 5.56 Å². The Kier molecular flexibility index (Phi) is 5.44. The smallest absolute Gasteiger partial charge is 0.241 e. The predicted octanol–water partition coefficient (Wildman–Crippen LogP) is 1.58. The van der Waals surface area contributed by atoms with Crippen molar-refractivity contribution in [1.29, 1.82) is 0 Å². The second-order valence-electron chi connectivity index (χ2n) is 4.45. The van der Waals surface area contributed by atoms with Gasteiger partial charge in [-0.2, -0.15) is 0 Å². The van der Waals surface area contributed by atoms with Crippen LogP contribution >= 0.6 is 11.6 Å². The van der Waals surface area contributed by atoms with Gasteiger partial charge >= 0.3 is 0 Å². The number of nitrogens with one attached hydrogen (secondary N) is 1.